The number of nitroso groups, excluding NO2 is 1. The molecule has 0 aliphatic rings. The van der Waals surface area contributed by atoms with Crippen molar-refractivity contribution >= 4 is 11.8 Å². The minimum atomic E-state index is -0.188. The van der Waals surface area contributed by atoms with Crippen molar-refractivity contribution in [2.75, 3.05) is 6.26 Å². The molecule has 0 radical (unpaired) electrons. The molecule has 0 aromatic heterocycles. The van der Waals surface area contributed by atoms with Crippen LogP contribution in [-0.2, 0) is 0 Å². The van der Waals surface area contributed by atoms with E-state index in [9.17, 15) is 4.91 Å². The Bertz CT molecular complexity index is 288. The van der Waals surface area contributed by atoms with Crippen LogP contribution >= 0.6 is 11.8 Å². The maximum atomic E-state index is 10.5. The van der Waals surface area contributed by atoms with Crippen molar-refractivity contribution in [2.45, 2.75) is 24.3 Å². The standard InChI is InChI=1S/C10H13NOS/c1-3-10(11-12)8-5-4-6-9(7-8)13-2/h4-7,10H,3H2,1-2H3. The zero-order valence-electron chi connectivity index (χ0n) is 7.86. The summed E-state index contributed by atoms with van der Waals surface area (Å²) in [7, 11) is 0. The summed E-state index contributed by atoms with van der Waals surface area (Å²) in [6.45, 7) is 1.97. The molecule has 1 unspecified atom stereocenters. The van der Waals surface area contributed by atoms with Crippen LogP contribution < -0.4 is 0 Å². The molecule has 0 bridgehead atoms. The van der Waals surface area contributed by atoms with Crippen LogP contribution in [0.2, 0.25) is 0 Å². The Morgan fingerprint density at radius 3 is 2.85 bits per heavy atom. The first-order valence-corrected chi connectivity index (χ1v) is 5.50. The van der Waals surface area contributed by atoms with Gasteiger partial charge in [0, 0.05) is 4.90 Å². The van der Waals surface area contributed by atoms with Crippen molar-refractivity contribution in [1.82, 2.24) is 0 Å². The van der Waals surface area contributed by atoms with Crippen LogP contribution in [0.3, 0.4) is 0 Å². The Labute approximate surface area is 82.7 Å². The van der Waals surface area contributed by atoms with Crippen LogP contribution in [0.25, 0.3) is 0 Å². The Morgan fingerprint density at radius 1 is 1.54 bits per heavy atom. The van der Waals surface area contributed by atoms with E-state index in [0.29, 0.717) is 0 Å². The molecule has 0 N–H and O–H groups in total. The van der Waals surface area contributed by atoms with Crippen LogP contribution in [0.15, 0.2) is 34.3 Å². The van der Waals surface area contributed by atoms with E-state index < -0.39 is 0 Å². The zero-order valence-corrected chi connectivity index (χ0v) is 8.67. The van der Waals surface area contributed by atoms with Gasteiger partial charge >= 0.3 is 0 Å². The van der Waals surface area contributed by atoms with Crippen molar-refractivity contribution in [3.05, 3.63) is 34.7 Å². The average molecular weight is 195 g/mol. The van der Waals surface area contributed by atoms with Crippen LogP contribution in [-0.4, -0.2) is 6.26 Å². The fraction of sp³-hybridized carbons (Fsp3) is 0.400. The van der Waals surface area contributed by atoms with Gasteiger partial charge in [0.25, 0.3) is 0 Å². The second-order valence-corrected chi connectivity index (χ2v) is 3.69. The first kappa shape index (κ1) is 10.3. The number of rotatable bonds is 4. The highest BCUT2D eigenvalue weighted by molar-refractivity contribution is 7.98. The highest BCUT2D eigenvalue weighted by Gasteiger charge is 2.08. The minimum absolute atomic E-state index is 0.188. The van der Waals surface area contributed by atoms with Crippen molar-refractivity contribution in [3.63, 3.8) is 0 Å². The summed E-state index contributed by atoms with van der Waals surface area (Å²) in [5.74, 6) is 0. The van der Waals surface area contributed by atoms with Gasteiger partial charge in [-0.3, -0.25) is 0 Å². The lowest BCUT2D eigenvalue weighted by Gasteiger charge is -2.06. The van der Waals surface area contributed by atoms with Crippen molar-refractivity contribution < 1.29 is 0 Å². The fourth-order valence-corrected chi connectivity index (χ4v) is 1.69. The quantitative estimate of drug-likeness (QED) is 0.542. The highest BCUT2D eigenvalue weighted by Crippen LogP contribution is 2.24. The molecule has 0 aliphatic carbocycles. The fourth-order valence-electron chi connectivity index (χ4n) is 1.22. The van der Waals surface area contributed by atoms with E-state index in [4.69, 9.17) is 0 Å². The zero-order chi connectivity index (χ0) is 9.68. The molecule has 1 aromatic carbocycles. The SMILES string of the molecule is CCC(N=O)c1cccc(SC)c1. The van der Waals surface area contributed by atoms with Gasteiger partial charge in [-0.1, -0.05) is 24.2 Å². The summed E-state index contributed by atoms with van der Waals surface area (Å²) in [6, 6.07) is 7.79. The van der Waals surface area contributed by atoms with E-state index >= 15 is 0 Å². The van der Waals surface area contributed by atoms with E-state index in [1.54, 1.807) is 11.8 Å². The number of benzene rings is 1. The number of nitrogens with zero attached hydrogens (tertiary/aromatic N) is 1. The predicted octanol–water partition coefficient (Wildman–Crippen LogP) is 3.63. The van der Waals surface area contributed by atoms with Crippen molar-refractivity contribution in [2.24, 2.45) is 5.18 Å². The first-order chi connectivity index (χ1) is 6.31. The van der Waals surface area contributed by atoms with E-state index in [1.165, 1.54) is 4.90 Å². The number of hydrogen-bond donors (Lipinski definition) is 0. The third kappa shape index (κ3) is 2.56. The molecule has 0 saturated heterocycles. The van der Waals surface area contributed by atoms with E-state index in [2.05, 4.69) is 5.18 Å². The summed E-state index contributed by atoms with van der Waals surface area (Å²) in [5, 5.41) is 3.09. The molecule has 0 spiro atoms. The number of hydrogen-bond acceptors (Lipinski definition) is 3. The van der Waals surface area contributed by atoms with Gasteiger partial charge in [0.1, 0.15) is 6.04 Å². The third-order valence-corrected chi connectivity index (χ3v) is 2.72. The third-order valence-electron chi connectivity index (χ3n) is 1.99. The molecule has 1 atom stereocenters. The lowest BCUT2D eigenvalue weighted by atomic mass is 10.1. The molecule has 13 heavy (non-hydrogen) atoms. The topological polar surface area (TPSA) is 29.4 Å². The van der Waals surface area contributed by atoms with Crippen LogP contribution in [0.5, 0.6) is 0 Å². The Kier molecular flexibility index (Phi) is 3.96. The van der Waals surface area contributed by atoms with Gasteiger partial charge in [-0.2, -0.15) is 4.91 Å². The molecule has 0 heterocycles. The molecular formula is C10H13NOS. The van der Waals surface area contributed by atoms with Crippen molar-refractivity contribution in [3.8, 4) is 0 Å². The average Bonchev–Trinajstić information content (AvgIpc) is 2.20. The molecule has 0 fully saturated rings. The van der Waals surface area contributed by atoms with E-state index in [-0.39, 0.29) is 6.04 Å². The van der Waals surface area contributed by atoms with Crippen LogP contribution in [0.4, 0.5) is 0 Å². The monoisotopic (exact) mass is 195 g/mol. The predicted molar refractivity (Wildman–Crippen MR) is 57.1 cm³/mol. The largest absolute Gasteiger partial charge is 0.150 e. The molecule has 70 valence electrons. The second-order valence-electron chi connectivity index (χ2n) is 2.81. The smallest absolute Gasteiger partial charge is 0.117 e. The molecular weight excluding hydrogens is 182 g/mol. The maximum Gasteiger partial charge on any atom is 0.117 e. The molecule has 3 heteroatoms. The van der Waals surface area contributed by atoms with Crippen LogP contribution in [0, 0.1) is 4.91 Å². The lowest BCUT2D eigenvalue weighted by molar-refractivity contribution is 0.693. The second kappa shape index (κ2) is 5.02. The van der Waals surface area contributed by atoms with Crippen molar-refractivity contribution in [1.29, 1.82) is 0 Å². The Hall–Kier alpha value is -0.830. The molecule has 0 amide bonds. The van der Waals surface area contributed by atoms with E-state index in [1.807, 2.05) is 37.4 Å². The normalized spacial score (nSPS) is 12.5. The summed E-state index contributed by atoms with van der Waals surface area (Å²) >= 11 is 1.68. The van der Waals surface area contributed by atoms with Gasteiger partial charge < -0.3 is 0 Å². The maximum absolute atomic E-state index is 10.5. The highest BCUT2D eigenvalue weighted by atomic mass is 32.2. The first-order valence-electron chi connectivity index (χ1n) is 4.28. The summed E-state index contributed by atoms with van der Waals surface area (Å²) in [4.78, 5) is 11.7. The Morgan fingerprint density at radius 2 is 2.31 bits per heavy atom. The minimum Gasteiger partial charge on any atom is -0.150 e. The molecule has 1 aromatic rings. The molecule has 2 nitrogen and oxygen atoms in total. The molecule has 0 aliphatic heterocycles. The number of thioether (sulfide) groups is 1. The summed E-state index contributed by atoms with van der Waals surface area (Å²) in [5.41, 5.74) is 1.02. The van der Waals surface area contributed by atoms with Crippen LogP contribution in [0.1, 0.15) is 24.9 Å². The molecule has 1 rings (SSSR count). The summed E-state index contributed by atoms with van der Waals surface area (Å²) < 4.78 is 0. The van der Waals surface area contributed by atoms with Gasteiger partial charge in [-0.15, -0.1) is 11.8 Å². The van der Waals surface area contributed by atoms with Gasteiger partial charge in [0.05, 0.1) is 0 Å². The molecule has 0 saturated carbocycles. The summed E-state index contributed by atoms with van der Waals surface area (Å²) in [6.07, 6.45) is 2.79. The van der Waals surface area contributed by atoms with Gasteiger partial charge in [0.15, 0.2) is 0 Å². The van der Waals surface area contributed by atoms with Gasteiger partial charge in [-0.05, 0) is 30.4 Å². The Balaban J connectivity index is 2.92. The van der Waals surface area contributed by atoms with E-state index in [0.717, 1.165) is 12.0 Å². The van der Waals surface area contributed by atoms with Gasteiger partial charge in [0.2, 0.25) is 0 Å². The lowest BCUT2D eigenvalue weighted by Crippen LogP contribution is -1.92. The van der Waals surface area contributed by atoms with Gasteiger partial charge in [-0.25, -0.2) is 0 Å².